The van der Waals surface area contributed by atoms with Gasteiger partial charge >= 0.3 is 5.97 Å². The number of carbonyl (C=O) groups is 1. The molecule has 0 heterocycles. The van der Waals surface area contributed by atoms with E-state index in [1.165, 1.54) is 12.8 Å². The molecule has 0 aromatic carbocycles. The SMILES string of the molecule is C=C(C)C(=O)OC1CC2CCC3(C)C(C)(C)[C@]213. The monoisotopic (exact) mass is 234 g/mol. The zero-order valence-corrected chi connectivity index (χ0v) is 11.3. The minimum atomic E-state index is -0.209. The van der Waals surface area contributed by atoms with Crippen LogP contribution in [-0.2, 0) is 9.53 Å². The fourth-order valence-corrected chi connectivity index (χ4v) is 5.42. The van der Waals surface area contributed by atoms with Crippen LogP contribution in [0.1, 0.15) is 47.0 Å². The van der Waals surface area contributed by atoms with Crippen LogP contribution in [-0.4, -0.2) is 12.1 Å². The molecule has 0 bridgehead atoms. The summed E-state index contributed by atoms with van der Waals surface area (Å²) >= 11 is 0. The highest BCUT2D eigenvalue weighted by Gasteiger charge is 2.91. The van der Waals surface area contributed by atoms with E-state index in [0.717, 1.165) is 12.3 Å². The van der Waals surface area contributed by atoms with Crippen LogP contribution in [0.3, 0.4) is 0 Å². The molecule has 0 amide bonds. The summed E-state index contributed by atoms with van der Waals surface area (Å²) in [4.78, 5) is 11.7. The minimum absolute atomic E-state index is 0.138. The number of hydrogen-bond donors (Lipinski definition) is 0. The Hall–Kier alpha value is -0.790. The van der Waals surface area contributed by atoms with E-state index < -0.39 is 0 Å². The lowest BCUT2D eigenvalue weighted by molar-refractivity contribution is -0.165. The van der Waals surface area contributed by atoms with E-state index in [0.29, 0.717) is 16.4 Å². The van der Waals surface area contributed by atoms with Gasteiger partial charge in [0, 0.05) is 11.0 Å². The lowest BCUT2D eigenvalue weighted by Gasteiger charge is -2.46. The fourth-order valence-electron chi connectivity index (χ4n) is 5.42. The molecule has 2 heteroatoms. The Bertz CT molecular complexity index is 423. The second-order valence-electron chi connectivity index (χ2n) is 6.97. The molecule has 94 valence electrons. The molecule has 0 radical (unpaired) electrons. The molecule has 4 atom stereocenters. The van der Waals surface area contributed by atoms with E-state index in [9.17, 15) is 4.79 Å². The van der Waals surface area contributed by atoms with Gasteiger partial charge in [-0.05, 0) is 42.9 Å². The largest absolute Gasteiger partial charge is 0.458 e. The van der Waals surface area contributed by atoms with E-state index in [4.69, 9.17) is 4.74 Å². The van der Waals surface area contributed by atoms with E-state index in [2.05, 4.69) is 27.4 Å². The van der Waals surface area contributed by atoms with Crippen LogP contribution in [0.2, 0.25) is 0 Å². The van der Waals surface area contributed by atoms with Gasteiger partial charge in [-0.25, -0.2) is 4.79 Å². The van der Waals surface area contributed by atoms with Crippen molar-refractivity contribution in [3.8, 4) is 0 Å². The van der Waals surface area contributed by atoms with Gasteiger partial charge in [0.2, 0.25) is 0 Å². The summed E-state index contributed by atoms with van der Waals surface area (Å²) in [5, 5.41) is 0. The molecule has 2 nitrogen and oxygen atoms in total. The molecule has 0 N–H and O–H groups in total. The topological polar surface area (TPSA) is 26.3 Å². The van der Waals surface area contributed by atoms with Crippen molar-refractivity contribution in [3.05, 3.63) is 12.2 Å². The summed E-state index contributed by atoms with van der Waals surface area (Å²) in [7, 11) is 0. The Morgan fingerprint density at radius 2 is 2.00 bits per heavy atom. The maximum Gasteiger partial charge on any atom is 0.333 e. The molecule has 0 aromatic rings. The van der Waals surface area contributed by atoms with Crippen LogP contribution in [0, 0.1) is 22.2 Å². The molecular weight excluding hydrogens is 212 g/mol. The summed E-state index contributed by atoms with van der Waals surface area (Å²) in [6.45, 7) is 12.5. The van der Waals surface area contributed by atoms with Gasteiger partial charge in [-0.3, -0.25) is 0 Å². The summed E-state index contributed by atoms with van der Waals surface area (Å²) in [5.74, 6) is 0.574. The molecule has 0 aromatic heterocycles. The molecule has 0 aliphatic heterocycles. The average Bonchev–Trinajstić information content (AvgIpc) is 2.48. The van der Waals surface area contributed by atoms with Gasteiger partial charge in [0.25, 0.3) is 0 Å². The van der Waals surface area contributed by atoms with Gasteiger partial charge in [0.1, 0.15) is 6.10 Å². The molecule has 3 rings (SSSR count). The van der Waals surface area contributed by atoms with Gasteiger partial charge in [-0.1, -0.05) is 27.4 Å². The Balaban J connectivity index is 1.84. The van der Waals surface area contributed by atoms with Crippen LogP contribution in [0.15, 0.2) is 12.2 Å². The average molecular weight is 234 g/mol. The first-order valence-corrected chi connectivity index (χ1v) is 6.65. The van der Waals surface area contributed by atoms with Crippen LogP contribution < -0.4 is 0 Å². The van der Waals surface area contributed by atoms with Crippen LogP contribution in [0.4, 0.5) is 0 Å². The lowest BCUT2D eigenvalue weighted by Crippen LogP contribution is -2.48. The maximum atomic E-state index is 11.7. The Morgan fingerprint density at radius 1 is 1.35 bits per heavy atom. The first kappa shape index (κ1) is 11.3. The molecule has 17 heavy (non-hydrogen) atoms. The molecule has 1 spiro atoms. The van der Waals surface area contributed by atoms with E-state index in [-0.39, 0.29) is 17.5 Å². The van der Waals surface area contributed by atoms with Crippen molar-refractivity contribution in [2.75, 3.05) is 0 Å². The lowest BCUT2D eigenvalue weighted by atomic mass is 9.64. The molecular formula is C15H22O2. The third-order valence-corrected chi connectivity index (χ3v) is 6.51. The summed E-state index contributed by atoms with van der Waals surface area (Å²) in [6, 6.07) is 0. The Morgan fingerprint density at radius 3 is 2.47 bits per heavy atom. The molecule has 3 fully saturated rings. The highest BCUT2D eigenvalue weighted by Crippen LogP contribution is 2.92. The minimum Gasteiger partial charge on any atom is -0.458 e. The first-order chi connectivity index (χ1) is 7.79. The molecule has 3 aliphatic carbocycles. The zero-order valence-electron chi connectivity index (χ0n) is 11.3. The molecule has 3 unspecified atom stereocenters. The normalized spacial score (nSPS) is 48.7. The van der Waals surface area contributed by atoms with Gasteiger partial charge in [0.15, 0.2) is 0 Å². The summed E-state index contributed by atoms with van der Waals surface area (Å²) in [5.41, 5.74) is 1.53. The smallest absolute Gasteiger partial charge is 0.333 e. The van der Waals surface area contributed by atoms with E-state index in [1.54, 1.807) is 6.92 Å². The first-order valence-electron chi connectivity index (χ1n) is 6.65. The number of ether oxygens (including phenoxy) is 1. The van der Waals surface area contributed by atoms with Crippen LogP contribution in [0.25, 0.3) is 0 Å². The number of carbonyl (C=O) groups excluding carboxylic acids is 1. The standard InChI is InChI=1S/C15H22O2/c1-9(2)12(16)17-11-8-10-6-7-14(5)13(3,4)15(10,11)14/h10-11H,1,6-8H2,2-5H3/t10?,11?,14?,15-/m0/s1. The van der Waals surface area contributed by atoms with Crippen LogP contribution in [0.5, 0.6) is 0 Å². The van der Waals surface area contributed by atoms with Crippen molar-refractivity contribution in [2.45, 2.75) is 53.1 Å². The predicted molar refractivity (Wildman–Crippen MR) is 66.4 cm³/mol. The van der Waals surface area contributed by atoms with Gasteiger partial charge in [-0.15, -0.1) is 0 Å². The maximum absolute atomic E-state index is 11.7. The van der Waals surface area contributed by atoms with Crippen molar-refractivity contribution in [1.82, 2.24) is 0 Å². The summed E-state index contributed by atoms with van der Waals surface area (Å²) < 4.78 is 5.67. The number of esters is 1. The predicted octanol–water partition coefficient (Wildman–Crippen LogP) is 3.32. The molecule has 0 saturated heterocycles. The highest BCUT2D eigenvalue weighted by molar-refractivity contribution is 5.87. The Kier molecular flexibility index (Phi) is 1.85. The summed E-state index contributed by atoms with van der Waals surface area (Å²) in [6.07, 6.45) is 3.82. The second kappa shape index (κ2) is 2.78. The molecule has 3 saturated carbocycles. The number of rotatable bonds is 2. The van der Waals surface area contributed by atoms with Crippen LogP contribution >= 0.6 is 0 Å². The number of hydrogen-bond acceptors (Lipinski definition) is 2. The van der Waals surface area contributed by atoms with Crippen molar-refractivity contribution in [3.63, 3.8) is 0 Å². The van der Waals surface area contributed by atoms with Gasteiger partial charge in [0.05, 0.1) is 0 Å². The fraction of sp³-hybridized carbons (Fsp3) is 0.800. The second-order valence-corrected chi connectivity index (χ2v) is 6.97. The third-order valence-electron chi connectivity index (χ3n) is 6.51. The van der Waals surface area contributed by atoms with Gasteiger partial charge in [-0.2, -0.15) is 0 Å². The van der Waals surface area contributed by atoms with E-state index in [1.807, 2.05) is 0 Å². The Labute approximate surface area is 103 Å². The third kappa shape index (κ3) is 0.903. The van der Waals surface area contributed by atoms with Gasteiger partial charge < -0.3 is 4.74 Å². The molecule has 3 aliphatic rings. The van der Waals surface area contributed by atoms with Crippen molar-refractivity contribution in [1.29, 1.82) is 0 Å². The highest BCUT2D eigenvalue weighted by atomic mass is 16.5. The van der Waals surface area contributed by atoms with Crippen molar-refractivity contribution < 1.29 is 9.53 Å². The zero-order chi connectivity index (χ0) is 12.6. The van der Waals surface area contributed by atoms with E-state index >= 15 is 0 Å². The van der Waals surface area contributed by atoms with Crippen molar-refractivity contribution >= 4 is 5.97 Å². The van der Waals surface area contributed by atoms with Crippen molar-refractivity contribution in [2.24, 2.45) is 22.2 Å². The quantitative estimate of drug-likeness (QED) is 0.541.